The third-order valence-corrected chi connectivity index (χ3v) is 5.05. The quantitative estimate of drug-likeness (QED) is 0.742. The lowest BCUT2D eigenvalue weighted by molar-refractivity contribution is -0.122. The molecule has 0 heterocycles. The van der Waals surface area contributed by atoms with Gasteiger partial charge in [-0.1, -0.05) is 29.3 Å². The summed E-state index contributed by atoms with van der Waals surface area (Å²) in [5.74, 6) is -1.32. The Balaban J connectivity index is 1.57. The highest BCUT2D eigenvalue weighted by molar-refractivity contribution is 6.44. The van der Waals surface area contributed by atoms with Crippen LogP contribution in [0.1, 0.15) is 23.7 Å². The summed E-state index contributed by atoms with van der Waals surface area (Å²) in [6, 6.07) is 11.6. The van der Waals surface area contributed by atoms with Crippen LogP contribution in [-0.2, 0) is 9.59 Å². The standard InChI is InChI=1S/C19H16Cl2N2O3/c1-10(24)11-5-7-12(8-6-11)22-18(25)13-9-14(13)19(26)23-16-4-2-3-15(20)17(16)21/h2-8,13-14H,9H2,1H3,(H,22,25)(H,23,26). The molecule has 0 radical (unpaired) electrons. The fraction of sp³-hybridized carbons (Fsp3) is 0.211. The van der Waals surface area contributed by atoms with Gasteiger partial charge >= 0.3 is 0 Å². The van der Waals surface area contributed by atoms with Gasteiger partial charge in [-0.05, 0) is 49.7 Å². The van der Waals surface area contributed by atoms with E-state index in [0.717, 1.165) is 0 Å². The highest BCUT2D eigenvalue weighted by Gasteiger charge is 2.48. The van der Waals surface area contributed by atoms with E-state index in [-0.39, 0.29) is 28.5 Å². The maximum Gasteiger partial charge on any atom is 0.228 e. The SMILES string of the molecule is CC(=O)c1ccc(NC(=O)C2CC2C(=O)Nc2cccc(Cl)c2Cl)cc1. The lowest BCUT2D eigenvalue weighted by Crippen LogP contribution is -2.20. The van der Waals surface area contributed by atoms with Gasteiger partial charge in [0.25, 0.3) is 0 Å². The highest BCUT2D eigenvalue weighted by atomic mass is 35.5. The number of Topliss-reactive ketones (excluding diaryl/α,β-unsaturated/α-hetero) is 1. The van der Waals surface area contributed by atoms with Crippen molar-refractivity contribution in [2.45, 2.75) is 13.3 Å². The van der Waals surface area contributed by atoms with E-state index in [1.165, 1.54) is 6.92 Å². The molecule has 134 valence electrons. The molecule has 0 spiro atoms. The molecule has 3 rings (SSSR count). The maximum atomic E-state index is 12.3. The molecule has 0 aliphatic heterocycles. The lowest BCUT2D eigenvalue weighted by atomic mass is 10.1. The first-order chi connectivity index (χ1) is 12.4. The molecule has 0 bridgehead atoms. The van der Waals surface area contributed by atoms with E-state index < -0.39 is 5.92 Å². The van der Waals surface area contributed by atoms with Crippen LogP contribution in [0.5, 0.6) is 0 Å². The molecule has 7 heteroatoms. The van der Waals surface area contributed by atoms with E-state index in [9.17, 15) is 14.4 Å². The largest absolute Gasteiger partial charge is 0.326 e. The van der Waals surface area contributed by atoms with Crippen molar-refractivity contribution in [3.63, 3.8) is 0 Å². The number of rotatable bonds is 5. The Morgan fingerprint density at radius 3 is 2.15 bits per heavy atom. The van der Waals surface area contributed by atoms with E-state index in [4.69, 9.17) is 23.2 Å². The van der Waals surface area contributed by atoms with Gasteiger partial charge in [-0.15, -0.1) is 0 Å². The molecule has 2 aromatic rings. The van der Waals surface area contributed by atoms with Crippen molar-refractivity contribution in [2.75, 3.05) is 10.6 Å². The Morgan fingerprint density at radius 2 is 1.54 bits per heavy atom. The third kappa shape index (κ3) is 4.06. The van der Waals surface area contributed by atoms with Crippen molar-refractivity contribution >= 4 is 52.2 Å². The molecule has 5 nitrogen and oxygen atoms in total. The van der Waals surface area contributed by atoms with E-state index in [2.05, 4.69) is 10.6 Å². The second-order valence-electron chi connectivity index (χ2n) is 6.16. The van der Waals surface area contributed by atoms with E-state index >= 15 is 0 Å². The molecule has 2 N–H and O–H groups in total. The zero-order chi connectivity index (χ0) is 18.8. The molecule has 26 heavy (non-hydrogen) atoms. The van der Waals surface area contributed by atoms with Crippen LogP contribution >= 0.6 is 23.2 Å². The predicted molar refractivity (Wildman–Crippen MR) is 102 cm³/mol. The van der Waals surface area contributed by atoms with Gasteiger partial charge in [0.1, 0.15) is 0 Å². The number of nitrogens with one attached hydrogen (secondary N) is 2. The molecule has 2 amide bonds. The van der Waals surface area contributed by atoms with Gasteiger partial charge in [-0.3, -0.25) is 14.4 Å². The van der Waals surface area contributed by atoms with Gasteiger partial charge in [0, 0.05) is 11.3 Å². The predicted octanol–water partition coefficient (Wildman–Crippen LogP) is 4.41. The first kappa shape index (κ1) is 18.4. The van der Waals surface area contributed by atoms with Crippen LogP contribution in [0.3, 0.4) is 0 Å². The molecule has 2 atom stereocenters. The van der Waals surface area contributed by atoms with Crippen LogP contribution < -0.4 is 10.6 Å². The minimum absolute atomic E-state index is 0.0403. The van der Waals surface area contributed by atoms with Gasteiger partial charge in [-0.25, -0.2) is 0 Å². The van der Waals surface area contributed by atoms with Crippen LogP contribution in [0, 0.1) is 11.8 Å². The molecular weight excluding hydrogens is 375 g/mol. The van der Waals surface area contributed by atoms with Crippen molar-refractivity contribution in [1.29, 1.82) is 0 Å². The Hall–Kier alpha value is -2.37. The summed E-state index contributed by atoms with van der Waals surface area (Å²) in [6.07, 6.45) is 0.474. The van der Waals surface area contributed by atoms with Crippen LogP contribution in [0.2, 0.25) is 10.0 Å². The van der Waals surface area contributed by atoms with Crippen molar-refractivity contribution < 1.29 is 14.4 Å². The van der Waals surface area contributed by atoms with Gasteiger partial charge in [0.2, 0.25) is 11.8 Å². The third-order valence-electron chi connectivity index (χ3n) is 4.23. The average molecular weight is 391 g/mol. The van der Waals surface area contributed by atoms with Gasteiger partial charge < -0.3 is 10.6 Å². The van der Waals surface area contributed by atoms with Crippen LogP contribution in [0.4, 0.5) is 11.4 Å². The Morgan fingerprint density at radius 1 is 0.923 bits per heavy atom. The molecule has 0 aromatic heterocycles. The highest BCUT2D eigenvalue weighted by Crippen LogP contribution is 2.41. The fourth-order valence-electron chi connectivity index (χ4n) is 2.62. The normalized spacial score (nSPS) is 18.1. The Kier molecular flexibility index (Phi) is 5.30. The number of amides is 2. The van der Waals surface area contributed by atoms with E-state index in [1.54, 1.807) is 42.5 Å². The maximum absolute atomic E-state index is 12.3. The zero-order valence-corrected chi connectivity index (χ0v) is 15.4. The summed E-state index contributed by atoms with van der Waals surface area (Å²) < 4.78 is 0. The molecule has 1 saturated carbocycles. The first-order valence-corrected chi connectivity index (χ1v) is 8.79. The Bertz CT molecular complexity index is 881. The topological polar surface area (TPSA) is 75.3 Å². The monoisotopic (exact) mass is 390 g/mol. The number of carbonyl (C=O) groups is 3. The van der Waals surface area contributed by atoms with Crippen molar-refractivity contribution in [2.24, 2.45) is 11.8 Å². The second-order valence-corrected chi connectivity index (χ2v) is 6.95. The molecule has 1 fully saturated rings. The van der Waals surface area contributed by atoms with E-state index in [0.29, 0.717) is 28.4 Å². The van der Waals surface area contributed by atoms with E-state index in [1.807, 2.05) is 0 Å². The van der Waals surface area contributed by atoms with Crippen LogP contribution in [0.15, 0.2) is 42.5 Å². The van der Waals surface area contributed by atoms with Gasteiger partial charge in [0.15, 0.2) is 5.78 Å². The minimum atomic E-state index is -0.401. The molecular formula is C19H16Cl2N2O3. The number of halogens is 2. The van der Waals surface area contributed by atoms with Crippen molar-refractivity contribution in [1.82, 2.24) is 0 Å². The summed E-state index contributed by atoms with van der Waals surface area (Å²) in [6.45, 7) is 1.48. The molecule has 2 unspecified atom stereocenters. The van der Waals surface area contributed by atoms with Crippen molar-refractivity contribution in [3.05, 3.63) is 58.1 Å². The van der Waals surface area contributed by atoms with Crippen molar-refractivity contribution in [3.8, 4) is 0 Å². The number of anilines is 2. The van der Waals surface area contributed by atoms with Gasteiger partial charge in [0.05, 0.1) is 27.6 Å². The smallest absolute Gasteiger partial charge is 0.228 e. The molecule has 1 aliphatic rings. The summed E-state index contributed by atoms with van der Waals surface area (Å²) in [7, 11) is 0. The van der Waals surface area contributed by atoms with Gasteiger partial charge in [-0.2, -0.15) is 0 Å². The van der Waals surface area contributed by atoms with Crippen LogP contribution in [0.25, 0.3) is 0 Å². The lowest BCUT2D eigenvalue weighted by Gasteiger charge is -2.08. The molecule has 1 aliphatic carbocycles. The Labute approximate surface area is 160 Å². The summed E-state index contributed by atoms with van der Waals surface area (Å²) in [5.41, 5.74) is 1.59. The molecule has 2 aromatic carbocycles. The number of carbonyl (C=O) groups excluding carboxylic acids is 3. The summed E-state index contributed by atoms with van der Waals surface area (Å²) in [5, 5.41) is 6.09. The molecule has 0 saturated heterocycles. The number of ketones is 1. The zero-order valence-electron chi connectivity index (χ0n) is 13.9. The number of hydrogen-bond acceptors (Lipinski definition) is 3. The fourth-order valence-corrected chi connectivity index (χ4v) is 2.97. The summed E-state index contributed by atoms with van der Waals surface area (Å²) in [4.78, 5) is 35.8. The summed E-state index contributed by atoms with van der Waals surface area (Å²) >= 11 is 12.0. The minimum Gasteiger partial charge on any atom is -0.326 e. The second kappa shape index (κ2) is 7.48. The first-order valence-electron chi connectivity index (χ1n) is 8.03. The van der Waals surface area contributed by atoms with Crippen LogP contribution in [-0.4, -0.2) is 17.6 Å². The number of benzene rings is 2. The number of hydrogen-bond donors (Lipinski definition) is 2. The average Bonchev–Trinajstić information content (AvgIpc) is 3.40.